The SMILES string of the molecule is CCCCCCCCN(CCCCC)C(=O)c1cccc(C(F)(F)F)c1F. The van der Waals surface area contributed by atoms with Crippen molar-refractivity contribution in [1.29, 1.82) is 0 Å². The van der Waals surface area contributed by atoms with Gasteiger partial charge in [-0.1, -0.05) is 64.9 Å². The third-order valence-corrected chi connectivity index (χ3v) is 4.63. The Bertz CT molecular complexity index is 572. The third-order valence-electron chi connectivity index (χ3n) is 4.63. The highest BCUT2D eigenvalue weighted by atomic mass is 19.4. The lowest BCUT2D eigenvalue weighted by Gasteiger charge is -2.23. The number of carbonyl (C=O) groups is 1. The molecule has 2 nitrogen and oxygen atoms in total. The van der Waals surface area contributed by atoms with Crippen LogP contribution in [0.15, 0.2) is 18.2 Å². The summed E-state index contributed by atoms with van der Waals surface area (Å²) in [6.45, 7) is 5.06. The Kier molecular flexibility index (Phi) is 10.4. The van der Waals surface area contributed by atoms with E-state index >= 15 is 0 Å². The Morgan fingerprint density at radius 2 is 1.41 bits per heavy atom. The molecule has 1 amide bonds. The van der Waals surface area contributed by atoms with Crippen molar-refractivity contribution in [3.05, 3.63) is 35.1 Å². The molecule has 0 aliphatic rings. The van der Waals surface area contributed by atoms with E-state index in [1.165, 1.54) is 11.3 Å². The molecule has 27 heavy (non-hydrogen) atoms. The van der Waals surface area contributed by atoms with Gasteiger partial charge in [-0.25, -0.2) is 4.39 Å². The van der Waals surface area contributed by atoms with Crippen LogP contribution in [0.1, 0.15) is 87.6 Å². The molecule has 0 fully saturated rings. The number of hydrogen-bond acceptors (Lipinski definition) is 1. The molecule has 0 aliphatic carbocycles. The topological polar surface area (TPSA) is 20.3 Å². The molecule has 154 valence electrons. The molecule has 0 aliphatic heterocycles. The maximum Gasteiger partial charge on any atom is 0.419 e. The number of halogens is 4. The van der Waals surface area contributed by atoms with Gasteiger partial charge < -0.3 is 4.90 Å². The predicted octanol–water partition coefficient (Wildman–Crippen LogP) is 6.84. The summed E-state index contributed by atoms with van der Waals surface area (Å²) in [6.07, 6.45) is 4.12. The molecule has 1 aromatic carbocycles. The van der Waals surface area contributed by atoms with E-state index < -0.39 is 29.0 Å². The minimum absolute atomic E-state index is 0.442. The fourth-order valence-corrected chi connectivity index (χ4v) is 3.04. The second-order valence-electron chi connectivity index (χ2n) is 6.93. The number of amides is 1. The number of rotatable bonds is 12. The highest BCUT2D eigenvalue weighted by Crippen LogP contribution is 2.32. The van der Waals surface area contributed by atoms with Crippen molar-refractivity contribution in [2.75, 3.05) is 13.1 Å². The lowest BCUT2D eigenvalue weighted by Crippen LogP contribution is -2.34. The van der Waals surface area contributed by atoms with Crippen LogP contribution in [0.5, 0.6) is 0 Å². The first kappa shape index (κ1) is 23.4. The monoisotopic (exact) mass is 389 g/mol. The lowest BCUT2D eigenvalue weighted by molar-refractivity contribution is -0.140. The van der Waals surface area contributed by atoms with Crippen molar-refractivity contribution >= 4 is 5.91 Å². The summed E-state index contributed by atoms with van der Waals surface area (Å²) in [5, 5.41) is 0. The van der Waals surface area contributed by atoms with E-state index in [0.29, 0.717) is 19.2 Å². The van der Waals surface area contributed by atoms with Gasteiger partial charge in [0.05, 0.1) is 11.1 Å². The highest BCUT2D eigenvalue weighted by Gasteiger charge is 2.36. The zero-order valence-corrected chi connectivity index (χ0v) is 16.4. The zero-order valence-electron chi connectivity index (χ0n) is 16.4. The highest BCUT2D eigenvalue weighted by molar-refractivity contribution is 5.94. The summed E-state index contributed by atoms with van der Waals surface area (Å²) in [6, 6.07) is 2.90. The lowest BCUT2D eigenvalue weighted by atomic mass is 10.1. The number of unbranched alkanes of at least 4 members (excludes halogenated alkanes) is 7. The molecule has 0 heterocycles. The van der Waals surface area contributed by atoms with Gasteiger partial charge in [0.25, 0.3) is 5.91 Å². The molecule has 6 heteroatoms. The van der Waals surface area contributed by atoms with Gasteiger partial charge in [0.1, 0.15) is 5.82 Å². The van der Waals surface area contributed by atoms with Crippen LogP contribution in [0.25, 0.3) is 0 Å². The summed E-state index contributed by atoms with van der Waals surface area (Å²) < 4.78 is 53.1. The van der Waals surface area contributed by atoms with Crippen LogP contribution in [-0.4, -0.2) is 23.9 Å². The van der Waals surface area contributed by atoms with Crippen molar-refractivity contribution in [2.45, 2.75) is 77.8 Å². The molecule has 0 bridgehead atoms. The molecule has 0 unspecified atom stereocenters. The van der Waals surface area contributed by atoms with Crippen LogP contribution < -0.4 is 0 Å². The molecule has 0 atom stereocenters. The standard InChI is InChI=1S/C21H31F4NO/c1-3-5-7-8-9-11-16-26(15-10-6-4-2)20(27)17-13-12-14-18(19(17)22)21(23,24)25/h12-14H,3-11,15-16H2,1-2H3. The number of benzene rings is 1. The van der Waals surface area contributed by atoms with Gasteiger partial charge in [0.2, 0.25) is 0 Å². The predicted molar refractivity (Wildman–Crippen MR) is 100 cm³/mol. The van der Waals surface area contributed by atoms with Gasteiger partial charge in [-0.3, -0.25) is 4.79 Å². The normalized spacial score (nSPS) is 11.6. The Hall–Kier alpha value is -1.59. The van der Waals surface area contributed by atoms with Crippen molar-refractivity contribution in [3.8, 4) is 0 Å². The average Bonchev–Trinajstić information content (AvgIpc) is 2.62. The van der Waals surface area contributed by atoms with Gasteiger partial charge in [-0.05, 0) is 25.0 Å². The summed E-state index contributed by atoms with van der Waals surface area (Å²) in [4.78, 5) is 14.2. The van der Waals surface area contributed by atoms with Crippen LogP contribution >= 0.6 is 0 Å². The molecule has 0 radical (unpaired) electrons. The molecular weight excluding hydrogens is 358 g/mol. The number of nitrogens with zero attached hydrogens (tertiary/aromatic N) is 1. The molecule has 0 aromatic heterocycles. The van der Waals surface area contributed by atoms with Gasteiger partial charge in [0, 0.05) is 13.1 Å². The van der Waals surface area contributed by atoms with E-state index in [4.69, 9.17) is 0 Å². The van der Waals surface area contributed by atoms with Crippen molar-refractivity contribution < 1.29 is 22.4 Å². The average molecular weight is 389 g/mol. The number of alkyl halides is 3. The summed E-state index contributed by atoms with van der Waals surface area (Å²) in [5.41, 5.74) is -1.88. The second kappa shape index (κ2) is 12.0. The van der Waals surface area contributed by atoms with Crippen molar-refractivity contribution in [3.63, 3.8) is 0 Å². The minimum atomic E-state index is -4.81. The van der Waals surface area contributed by atoms with Crippen LogP contribution in [-0.2, 0) is 6.18 Å². The quantitative estimate of drug-likeness (QED) is 0.283. The second-order valence-corrected chi connectivity index (χ2v) is 6.93. The summed E-state index contributed by atoms with van der Waals surface area (Å²) >= 11 is 0. The fraction of sp³-hybridized carbons (Fsp3) is 0.667. The fourth-order valence-electron chi connectivity index (χ4n) is 3.04. The van der Waals surface area contributed by atoms with Crippen LogP contribution in [0.2, 0.25) is 0 Å². The Morgan fingerprint density at radius 3 is 2.00 bits per heavy atom. The van der Waals surface area contributed by atoms with Gasteiger partial charge in [0.15, 0.2) is 0 Å². The molecule has 0 saturated carbocycles. The molecule has 0 spiro atoms. The van der Waals surface area contributed by atoms with E-state index in [0.717, 1.165) is 63.5 Å². The van der Waals surface area contributed by atoms with Crippen molar-refractivity contribution in [1.82, 2.24) is 4.90 Å². The maximum atomic E-state index is 14.3. The van der Waals surface area contributed by atoms with Gasteiger partial charge in [-0.15, -0.1) is 0 Å². The van der Waals surface area contributed by atoms with E-state index in [9.17, 15) is 22.4 Å². The minimum Gasteiger partial charge on any atom is -0.339 e. The molecule has 1 rings (SSSR count). The molecular formula is C21H31F4NO. The van der Waals surface area contributed by atoms with Crippen LogP contribution in [0, 0.1) is 5.82 Å². The maximum absolute atomic E-state index is 14.3. The third kappa shape index (κ3) is 7.89. The molecule has 0 saturated heterocycles. The molecule has 1 aromatic rings. The first-order valence-electron chi connectivity index (χ1n) is 9.97. The molecule has 0 N–H and O–H groups in total. The van der Waals surface area contributed by atoms with Gasteiger partial charge in [-0.2, -0.15) is 13.2 Å². The largest absolute Gasteiger partial charge is 0.419 e. The van der Waals surface area contributed by atoms with E-state index in [2.05, 4.69) is 6.92 Å². The van der Waals surface area contributed by atoms with Crippen LogP contribution in [0.4, 0.5) is 17.6 Å². The smallest absolute Gasteiger partial charge is 0.339 e. The number of hydrogen-bond donors (Lipinski definition) is 0. The Balaban J connectivity index is 2.83. The summed E-state index contributed by atoms with van der Waals surface area (Å²) in [7, 11) is 0. The Labute approximate surface area is 159 Å². The van der Waals surface area contributed by atoms with Crippen molar-refractivity contribution in [2.24, 2.45) is 0 Å². The summed E-state index contributed by atoms with van der Waals surface area (Å²) in [5.74, 6) is -2.12. The first-order chi connectivity index (χ1) is 12.8. The van der Waals surface area contributed by atoms with E-state index in [1.807, 2.05) is 6.92 Å². The van der Waals surface area contributed by atoms with E-state index in [1.54, 1.807) is 0 Å². The first-order valence-corrected chi connectivity index (χ1v) is 9.97. The number of carbonyl (C=O) groups excluding carboxylic acids is 1. The Morgan fingerprint density at radius 1 is 0.889 bits per heavy atom. The van der Waals surface area contributed by atoms with E-state index in [-0.39, 0.29) is 0 Å². The zero-order chi connectivity index (χ0) is 20.3. The van der Waals surface area contributed by atoms with Gasteiger partial charge >= 0.3 is 6.18 Å². The van der Waals surface area contributed by atoms with Crippen LogP contribution in [0.3, 0.4) is 0 Å².